The molecule has 5 nitrogen and oxygen atoms in total. The lowest BCUT2D eigenvalue weighted by atomic mass is 10.2. The molecule has 0 radical (unpaired) electrons. The molecule has 0 unspecified atom stereocenters. The average molecular weight is 450 g/mol. The molecule has 1 saturated heterocycles. The van der Waals surface area contributed by atoms with Crippen molar-refractivity contribution in [2.75, 3.05) is 11.5 Å². The molecule has 1 heterocycles. The van der Waals surface area contributed by atoms with Crippen LogP contribution in [0.4, 0.5) is 5.69 Å². The number of benzene rings is 2. The van der Waals surface area contributed by atoms with E-state index in [1.54, 1.807) is 30.3 Å². The molecule has 0 aromatic heterocycles. The van der Waals surface area contributed by atoms with Gasteiger partial charge in [0.1, 0.15) is 5.75 Å². The molecule has 0 bridgehead atoms. The number of rotatable bonds is 5. The number of para-hydroxylation sites is 1. The Morgan fingerprint density at radius 1 is 1.23 bits per heavy atom. The summed E-state index contributed by atoms with van der Waals surface area (Å²) in [6.45, 7) is -0.399. The second kappa shape index (κ2) is 8.03. The molecule has 132 valence electrons. The fourth-order valence-corrected chi connectivity index (χ4v) is 4.01. The fourth-order valence-electron chi connectivity index (χ4n) is 2.27. The van der Waals surface area contributed by atoms with Crippen LogP contribution in [-0.4, -0.2) is 27.9 Å². The quantitative estimate of drug-likeness (QED) is 0.541. The maximum absolute atomic E-state index is 12.8. The number of anilines is 1. The molecule has 0 spiro atoms. The highest BCUT2D eigenvalue weighted by Crippen LogP contribution is 2.38. The van der Waals surface area contributed by atoms with Gasteiger partial charge in [-0.15, -0.1) is 0 Å². The van der Waals surface area contributed by atoms with Crippen LogP contribution in [0.5, 0.6) is 5.75 Å². The van der Waals surface area contributed by atoms with E-state index < -0.39 is 12.6 Å². The van der Waals surface area contributed by atoms with Gasteiger partial charge in [0.2, 0.25) is 0 Å². The summed E-state index contributed by atoms with van der Waals surface area (Å²) in [6.07, 6.45) is 1.75. The van der Waals surface area contributed by atoms with Crippen molar-refractivity contribution in [3.05, 3.63) is 63.5 Å². The summed E-state index contributed by atoms with van der Waals surface area (Å²) in [4.78, 5) is 25.3. The zero-order chi connectivity index (χ0) is 18.7. The molecule has 8 heteroatoms. The molecule has 2 aromatic rings. The Hall–Kier alpha value is -2.16. The van der Waals surface area contributed by atoms with Crippen molar-refractivity contribution < 1.29 is 19.4 Å². The Morgan fingerprint density at radius 3 is 2.58 bits per heavy atom. The number of carboxylic acid groups (broad SMARTS) is 1. The summed E-state index contributed by atoms with van der Waals surface area (Å²) in [6, 6.07) is 14.2. The summed E-state index contributed by atoms with van der Waals surface area (Å²) in [5, 5.41) is 8.62. The third kappa shape index (κ3) is 4.14. The van der Waals surface area contributed by atoms with Crippen LogP contribution in [0.2, 0.25) is 0 Å². The number of thiocarbonyl (C=S) groups is 1. The predicted octanol–water partition coefficient (Wildman–Crippen LogP) is 4.32. The topological polar surface area (TPSA) is 66.8 Å². The molecule has 1 amide bonds. The lowest BCUT2D eigenvalue weighted by Crippen LogP contribution is -2.27. The van der Waals surface area contributed by atoms with E-state index in [9.17, 15) is 9.59 Å². The number of halogens is 1. The monoisotopic (exact) mass is 449 g/mol. The largest absolute Gasteiger partial charge is 0.482 e. The minimum absolute atomic E-state index is 0.182. The predicted molar refractivity (Wildman–Crippen MR) is 109 cm³/mol. The molecule has 0 atom stereocenters. The van der Waals surface area contributed by atoms with E-state index in [4.69, 9.17) is 22.1 Å². The number of aliphatic carboxylic acids is 1. The normalized spacial score (nSPS) is 15.6. The summed E-state index contributed by atoms with van der Waals surface area (Å²) in [7, 11) is 0. The number of thioether (sulfide) groups is 1. The zero-order valence-corrected chi connectivity index (χ0v) is 16.4. The van der Waals surface area contributed by atoms with Gasteiger partial charge >= 0.3 is 5.97 Å². The van der Waals surface area contributed by atoms with Crippen LogP contribution in [0.15, 0.2) is 57.9 Å². The third-order valence-electron chi connectivity index (χ3n) is 3.43. The number of carbonyl (C=O) groups is 2. The van der Waals surface area contributed by atoms with Crippen molar-refractivity contribution in [3.63, 3.8) is 0 Å². The van der Waals surface area contributed by atoms with Crippen molar-refractivity contribution in [1.29, 1.82) is 0 Å². The number of hydrogen-bond donors (Lipinski definition) is 1. The van der Waals surface area contributed by atoms with Crippen molar-refractivity contribution in [2.24, 2.45) is 0 Å². The highest BCUT2D eigenvalue weighted by atomic mass is 79.9. The van der Waals surface area contributed by atoms with Crippen molar-refractivity contribution in [3.8, 4) is 5.75 Å². The molecule has 2 aromatic carbocycles. The van der Waals surface area contributed by atoms with Gasteiger partial charge in [0, 0.05) is 4.47 Å². The van der Waals surface area contributed by atoms with Crippen LogP contribution in [0.3, 0.4) is 0 Å². The van der Waals surface area contributed by atoms with Gasteiger partial charge in [-0.1, -0.05) is 48.2 Å². The lowest BCUT2D eigenvalue weighted by molar-refractivity contribution is -0.139. The summed E-state index contributed by atoms with van der Waals surface area (Å²) in [5.74, 6) is -0.770. The van der Waals surface area contributed by atoms with Gasteiger partial charge in [0.05, 0.1) is 10.6 Å². The van der Waals surface area contributed by atoms with Gasteiger partial charge in [-0.05, 0) is 51.8 Å². The van der Waals surface area contributed by atoms with Crippen LogP contribution in [0, 0.1) is 0 Å². The lowest BCUT2D eigenvalue weighted by Gasteiger charge is -2.15. The SMILES string of the molecule is O=C(O)COc1ccc(/C=C2/SC(=S)N(c3ccccc3Br)C2=O)cc1. The van der Waals surface area contributed by atoms with Gasteiger partial charge in [-0.25, -0.2) is 4.79 Å². The van der Waals surface area contributed by atoms with Gasteiger partial charge in [0.25, 0.3) is 5.91 Å². The molecular formula is C18H12BrNO4S2. The maximum atomic E-state index is 12.8. The molecule has 1 aliphatic rings. The first-order chi connectivity index (χ1) is 12.5. The number of nitrogens with zero attached hydrogens (tertiary/aromatic N) is 1. The number of carboxylic acids is 1. The van der Waals surface area contributed by atoms with E-state index in [-0.39, 0.29) is 5.91 Å². The van der Waals surface area contributed by atoms with Crippen LogP contribution in [0.1, 0.15) is 5.56 Å². The van der Waals surface area contributed by atoms with E-state index in [1.807, 2.05) is 24.3 Å². The second-order valence-electron chi connectivity index (χ2n) is 5.22. The first kappa shape index (κ1) is 18.6. The first-order valence-electron chi connectivity index (χ1n) is 7.43. The fraction of sp³-hybridized carbons (Fsp3) is 0.0556. The first-order valence-corrected chi connectivity index (χ1v) is 9.44. The average Bonchev–Trinajstić information content (AvgIpc) is 2.88. The second-order valence-corrected chi connectivity index (χ2v) is 7.75. The van der Waals surface area contributed by atoms with Crippen LogP contribution >= 0.6 is 39.9 Å². The summed E-state index contributed by atoms with van der Waals surface area (Å²) in [5.41, 5.74) is 1.50. The Bertz CT molecular complexity index is 912. The molecule has 1 aliphatic heterocycles. The van der Waals surface area contributed by atoms with Crippen LogP contribution in [-0.2, 0) is 9.59 Å². The molecule has 1 N–H and O–H groups in total. The Morgan fingerprint density at radius 2 is 1.92 bits per heavy atom. The van der Waals surface area contributed by atoms with Crippen LogP contribution < -0.4 is 9.64 Å². The Labute approximate surface area is 167 Å². The van der Waals surface area contributed by atoms with Crippen molar-refractivity contribution >= 4 is 67.9 Å². The number of carbonyl (C=O) groups excluding carboxylic acids is 1. The van der Waals surface area contributed by atoms with Gasteiger partial charge in [0.15, 0.2) is 10.9 Å². The highest BCUT2D eigenvalue weighted by molar-refractivity contribution is 9.10. The van der Waals surface area contributed by atoms with Gasteiger partial charge < -0.3 is 9.84 Å². The minimum Gasteiger partial charge on any atom is -0.482 e. The maximum Gasteiger partial charge on any atom is 0.341 e. The van der Waals surface area contributed by atoms with Crippen molar-refractivity contribution in [2.45, 2.75) is 0 Å². The molecular weight excluding hydrogens is 438 g/mol. The molecule has 1 fully saturated rings. The molecule has 26 heavy (non-hydrogen) atoms. The van der Waals surface area contributed by atoms with Crippen molar-refractivity contribution in [1.82, 2.24) is 0 Å². The Kier molecular flexibility index (Phi) is 5.75. The third-order valence-corrected chi connectivity index (χ3v) is 5.40. The van der Waals surface area contributed by atoms with Gasteiger partial charge in [-0.2, -0.15) is 0 Å². The summed E-state index contributed by atoms with van der Waals surface area (Å²) < 4.78 is 6.35. The smallest absolute Gasteiger partial charge is 0.341 e. The molecule has 0 aliphatic carbocycles. The van der Waals surface area contributed by atoms with E-state index in [0.29, 0.717) is 20.7 Å². The number of ether oxygens (including phenoxy) is 1. The standard InChI is InChI=1S/C18H12BrNO4S2/c19-13-3-1-2-4-14(13)20-17(23)15(26-18(20)25)9-11-5-7-12(8-6-11)24-10-16(21)22/h1-9H,10H2,(H,21,22)/b15-9+. The van der Waals surface area contributed by atoms with Gasteiger partial charge in [-0.3, -0.25) is 9.69 Å². The van der Waals surface area contributed by atoms with E-state index in [2.05, 4.69) is 15.9 Å². The Balaban J connectivity index is 1.80. The number of amides is 1. The van der Waals surface area contributed by atoms with E-state index >= 15 is 0 Å². The van der Waals surface area contributed by atoms with Crippen LogP contribution in [0.25, 0.3) is 6.08 Å². The zero-order valence-electron chi connectivity index (χ0n) is 13.2. The highest BCUT2D eigenvalue weighted by Gasteiger charge is 2.34. The molecule has 0 saturated carbocycles. The van der Waals surface area contributed by atoms with E-state index in [0.717, 1.165) is 10.0 Å². The van der Waals surface area contributed by atoms with E-state index in [1.165, 1.54) is 16.7 Å². The minimum atomic E-state index is -1.04. The molecule has 3 rings (SSSR count). The summed E-state index contributed by atoms with van der Waals surface area (Å²) >= 11 is 10.0. The number of hydrogen-bond acceptors (Lipinski definition) is 5.